The minimum absolute atomic E-state index is 0.0200. The van der Waals surface area contributed by atoms with E-state index in [2.05, 4.69) is 25.9 Å². The topological polar surface area (TPSA) is 116 Å². The molecule has 0 unspecified atom stereocenters. The zero-order valence-corrected chi connectivity index (χ0v) is 19.6. The third kappa shape index (κ3) is 4.91. The zero-order chi connectivity index (χ0) is 25.5. The molecule has 1 saturated heterocycles. The molecule has 1 amide bonds. The Hall–Kier alpha value is -3.87. The largest absolute Gasteiger partial charge is 0.421 e. The second-order valence-corrected chi connectivity index (χ2v) is 10.5. The number of halogens is 3. The van der Waals surface area contributed by atoms with Crippen LogP contribution in [-0.2, 0) is 34.0 Å². The van der Waals surface area contributed by atoms with Crippen LogP contribution >= 0.6 is 0 Å². The summed E-state index contributed by atoms with van der Waals surface area (Å²) in [6.45, 7) is 0.346. The molecule has 0 bridgehead atoms. The standard InChI is InChI=1S/C23H21F3N6O3S/c24-23(25,26)18-13-28-22(29-16-5-6-19-15(10-16)11-20(33)30-19)31-21(18)27-12-14-3-1-4-17(9-14)32-7-2-8-36(32,34)35/h1,3-6,9-10,13H,2,7-8,11-12H2,(H,30,33)(H2,27,28,29,31). The molecule has 1 fully saturated rings. The van der Waals surface area contributed by atoms with Gasteiger partial charge in [0.15, 0.2) is 0 Å². The van der Waals surface area contributed by atoms with Gasteiger partial charge in [-0.3, -0.25) is 9.10 Å². The van der Waals surface area contributed by atoms with E-state index in [-0.39, 0.29) is 30.6 Å². The summed E-state index contributed by atoms with van der Waals surface area (Å²) < 4.78 is 66.6. The van der Waals surface area contributed by atoms with Crippen molar-refractivity contribution in [3.05, 3.63) is 65.4 Å². The molecule has 5 rings (SSSR count). The summed E-state index contributed by atoms with van der Waals surface area (Å²) in [7, 11) is -3.38. The van der Waals surface area contributed by atoms with E-state index in [1.165, 1.54) is 4.31 Å². The molecule has 188 valence electrons. The Balaban J connectivity index is 1.37. The highest BCUT2D eigenvalue weighted by Crippen LogP contribution is 2.35. The quantitative estimate of drug-likeness (QED) is 0.453. The average Bonchev–Trinajstić information content (AvgIpc) is 3.37. The van der Waals surface area contributed by atoms with Crippen LogP contribution in [0.3, 0.4) is 0 Å². The molecule has 3 aromatic rings. The maximum absolute atomic E-state index is 13.6. The summed E-state index contributed by atoms with van der Waals surface area (Å²) in [4.78, 5) is 19.4. The van der Waals surface area contributed by atoms with E-state index in [0.29, 0.717) is 41.8 Å². The molecule has 0 saturated carbocycles. The Morgan fingerprint density at radius 3 is 2.72 bits per heavy atom. The predicted molar refractivity (Wildman–Crippen MR) is 129 cm³/mol. The number of hydrogen-bond donors (Lipinski definition) is 3. The van der Waals surface area contributed by atoms with Crippen molar-refractivity contribution in [3.8, 4) is 0 Å². The second-order valence-electron chi connectivity index (χ2n) is 8.44. The Kier molecular flexibility index (Phi) is 5.94. The number of aromatic nitrogens is 2. The Morgan fingerprint density at radius 2 is 1.97 bits per heavy atom. The molecule has 36 heavy (non-hydrogen) atoms. The Bertz CT molecular complexity index is 1450. The van der Waals surface area contributed by atoms with Gasteiger partial charge in [0, 0.05) is 30.7 Å². The van der Waals surface area contributed by atoms with Crippen LogP contribution in [0.15, 0.2) is 48.7 Å². The summed E-state index contributed by atoms with van der Waals surface area (Å²) in [6.07, 6.45) is -3.26. The normalized spacial score (nSPS) is 16.5. The van der Waals surface area contributed by atoms with Crippen molar-refractivity contribution in [3.63, 3.8) is 0 Å². The van der Waals surface area contributed by atoms with Gasteiger partial charge < -0.3 is 16.0 Å². The lowest BCUT2D eigenvalue weighted by atomic mass is 10.1. The molecule has 13 heteroatoms. The van der Waals surface area contributed by atoms with Gasteiger partial charge in [-0.15, -0.1) is 0 Å². The van der Waals surface area contributed by atoms with Crippen LogP contribution in [0.4, 0.5) is 42.0 Å². The summed E-state index contributed by atoms with van der Waals surface area (Å²) in [6, 6.07) is 11.7. The van der Waals surface area contributed by atoms with Gasteiger partial charge in [0.05, 0.1) is 17.9 Å². The van der Waals surface area contributed by atoms with Crippen LogP contribution in [-0.4, -0.2) is 36.6 Å². The highest BCUT2D eigenvalue weighted by Gasteiger charge is 2.35. The molecule has 3 heterocycles. The Labute approximate surface area is 204 Å². The van der Waals surface area contributed by atoms with Gasteiger partial charge in [-0.05, 0) is 47.9 Å². The number of hydrogen-bond acceptors (Lipinski definition) is 7. The zero-order valence-electron chi connectivity index (χ0n) is 18.8. The Morgan fingerprint density at radius 1 is 1.14 bits per heavy atom. The number of fused-ring (bicyclic) bond motifs is 1. The van der Waals surface area contributed by atoms with Gasteiger partial charge in [-0.1, -0.05) is 12.1 Å². The van der Waals surface area contributed by atoms with Crippen LogP contribution in [0.5, 0.6) is 0 Å². The van der Waals surface area contributed by atoms with Gasteiger partial charge in [0.25, 0.3) is 0 Å². The van der Waals surface area contributed by atoms with Crippen molar-refractivity contribution >= 4 is 44.8 Å². The predicted octanol–water partition coefficient (Wildman–Crippen LogP) is 3.89. The molecule has 3 N–H and O–H groups in total. The van der Waals surface area contributed by atoms with Crippen molar-refractivity contribution in [2.75, 3.05) is 32.6 Å². The van der Waals surface area contributed by atoms with Gasteiger partial charge in [-0.25, -0.2) is 13.4 Å². The molecule has 1 aromatic heterocycles. The molecule has 0 spiro atoms. The lowest BCUT2D eigenvalue weighted by Crippen LogP contribution is -2.25. The summed E-state index contributed by atoms with van der Waals surface area (Å²) in [5, 5.41) is 8.30. The average molecular weight is 519 g/mol. The van der Waals surface area contributed by atoms with Crippen molar-refractivity contribution in [2.45, 2.75) is 25.6 Å². The first-order chi connectivity index (χ1) is 17.1. The first-order valence-corrected chi connectivity index (χ1v) is 12.7. The number of carbonyl (C=O) groups excluding carboxylic acids is 1. The number of benzene rings is 2. The minimum atomic E-state index is -4.69. The van der Waals surface area contributed by atoms with E-state index in [4.69, 9.17) is 0 Å². The minimum Gasteiger partial charge on any atom is -0.365 e. The van der Waals surface area contributed by atoms with E-state index in [1.807, 2.05) is 0 Å². The van der Waals surface area contributed by atoms with E-state index in [1.54, 1.807) is 42.5 Å². The number of carbonyl (C=O) groups is 1. The number of anilines is 5. The van der Waals surface area contributed by atoms with Crippen LogP contribution in [0.1, 0.15) is 23.1 Å². The number of sulfonamides is 1. The maximum Gasteiger partial charge on any atom is 0.421 e. The monoisotopic (exact) mass is 518 g/mol. The fourth-order valence-corrected chi connectivity index (χ4v) is 5.71. The van der Waals surface area contributed by atoms with Gasteiger partial charge in [0.2, 0.25) is 21.9 Å². The second kappa shape index (κ2) is 8.97. The molecule has 2 aliphatic heterocycles. The SMILES string of the molecule is O=C1Cc2cc(Nc3ncc(C(F)(F)F)c(NCc4cccc(N5CCCS5(=O)=O)c4)n3)ccc2N1. The van der Waals surface area contributed by atoms with Crippen molar-refractivity contribution < 1.29 is 26.4 Å². The van der Waals surface area contributed by atoms with Crippen LogP contribution in [0.25, 0.3) is 0 Å². The third-order valence-corrected chi connectivity index (χ3v) is 7.71. The molecule has 0 atom stereocenters. The molecular formula is C23H21F3N6O3S. The molecule has 2 aliphatic rings. The molecule has 0 aliphatic carbocycles. The smallest absolute Gasteiger partial charge is 0.365 e. The molecular weight excluding hydrogens is 497 g/mol. The number of amides is 1. The van der Waals surface area contributed by atoms with Crippen LogP contribution in [0, 0.1) is 0 Å². The van der Waals surface area contributed by atoms with E-state index < -0.39 is 27.6 Å². The van der Waals surface area contributed by atoms with Crippen molar-refractivity contribution in [1.29, 1.82) is 0 Å². The number of rotatable bonds is 6. The van der Waals surface area contributed by atoms with E-state index in [9.17, 15) is 26.4 Å². The van der Waals surface area contributed by atoms with E-state index >= 15 is 0 Å². The van der Waals surface area contributed by atoms with Crippen LogP contribution < -0.4 is 20.3 Å². The molecule has 9 nitrogen and oxygen atoms in total. The molecule has 0 radical (unpaired) electrons. The van der Waals surface area contributed by atoms with Crippen molar-refractivity contribution in [1.82, 2.24) is 9.97 Å². The van der Waals surface area contributed by atoms with Crippen LogP contribution in [0.2, 0.25) is 0 Å². The lowest BCUT2D eigenvalue weighted by Gasteiger charge is -2.18. The van der Waals surface area contributed by atoms with Crippen molar-refractivity contribution in [2.24, 2.45) is 0 Å². The van der Waals surface area contributed by atoms with Gasteiger partial charge in [0.1, 0.15) is 11.4 Å². The summed E-state index contributed by atoms with van der Waals surface area (Å²) in [5.74, 6) is -0.541. The fraction of sp³-hybridized carbons (Fsp3) is 0.261. The number of alkyl halides is 3. The fourth-order valence-electron chi connectivity index (χ4n) is 4.16. The summed E-state index contributed by atoms with van der Waals surface area (Å²) in [5.41, 5.74) is 2.00. The maximum atomic E-state index is 13.6. The first kappa shape index (κ1) is 23.9. The van der Waals surface area contributed by atoms with E-state index in [0.717, 1.165) is 5.56 Å². The first-order valence-electron chi connectivity index (χ1n) is 11.1. The lowest BCUT2D eigenvalue weighted by molar-refractivity contribution is -0.137. The highest BCUT2D eigenvalue weighted by atomic mass is 32.2. The van der Waals surface area contributed by atoms with Gasteiger partial charge in [-0.2, -0.15) is 18.2 Å². The highest BCUT2D eigenvalue weighted by molar-refractivity contribution is 7.93. The van der Waals surface area contributed by atoms with Gasteiger partial charge >= 0.3 is 6.18 Å². The number of nitrogens with zero attached hydrogens (tertiary/aromatic N) is 3. The number of nitrogens with one attached hydrogen (secondary N) is 3. The molecule has 2 aromatic carbocycles. The summed E-state index contributed by atoms with van der Waals surface area (Å²) >= 11 is 0. The third-order valence-electron chi connectivity index (χ3n) is 5.84.